The van der Waals surface area contributed by atoms with Crippen LogP contribution < -0.4 is 9.62 Å². The molecule has 6 nitrogen and oxygen atoms in total. The second-order valence-corrected chi connectivity index (χ2v) is 7.29. The first-order chi connectivity index (χ1) is 10.5. The van der Waals surface area contributed by atoms with Crippen molar-refractivity contribution in [2.24, 2.45) is 0 Å². The highest BCUT2D eigenvalue weighted by Crippen LogP contribution is 2.23. The van der Waals surface area contributed by atoms with Crippen LogP contribution in [-0.2, 0) is 14.8 Å². The van der Waals surface area contributed by atoms with Gasteiger partial charge in [-0.1, -0.05) is 0 Å². The smallest absolute Gasteiger partial charge is 0.243 e. The molecule has 1 aromatic rings. The zero-order valence-electron chi connectivity index (χ0n) is 13.5. The molecular weight excluding hydrogens is 328 g/mol. The molecule has 0 heterocycles. The van der Waals surface area contributed by atoms with Gasteiger partial charge in [0.2, 0.25) is 15.9 Å². The monoisotopic (exact) mass is 349 g/mol. The van der Waals surface area contributed by atoms with Gasteiger partial charge >= 0.3 is 0 Å². The van der Waals surface area contributed by atoms with Crippen molar-refractivity contribution in [2.75, 3.05) is 37.7 Å². The van der Waals surface area contributed by atoms with Crippen LogP contribution in [0, 0.1) is 11.6 Å². The molecule has 1 N–H and O–H groups in total. The number of rotatable bonds is 7. The second-order valence-electron chi connectivity index (χ2n) is 5.43. The van der Waals surface area contributed by atoms with Crippen molar-refractivity contribution in [3.8, 4) is 0 Å². The Morgan fingerprint density at radius 2 is 1.87 bits per heavy atom. The van der Waals surface area contributed by atoms with E-state index in [-0.39, 0.29) is 5.69 Å². The number of nitrogens with zero attached hydrogens (tertiary/aromatic N) is 2. The van der Waals surface area contributed by atoms with Crippen LogP contribution in [0.3, 0.4) is 0 Å². The first-order valence-corrected chi connectivity index (χ1v) is 8.75. The lowest BCUT2D eigenvalue weighted by atomic mass is 10.2. The summed E-state index contributed by atoms with van der Waals surface area (Å²) < 4.78 is 51.1. The second kappa shape index (κ2) is 7.69. The molecule has 0 aliphatic rings. The quantitative estimate of drug-likeness (QED) is 0.790. The Hall–Kier alpha value is -1.74. The molecule has 9 heteroatoms. The van der Waals surface area contributed by atoms with E-state index in [1.807, 2.05) is 19.0 Å². The van der Waals surface area contributed by atoms with Crippen LogP contribution in [0.1, 0.15) is 6.92 Å². The zero-order valence-corrected chi connectivity index (χ0v) is 14.3. The maximum Gasteiger partial charge on any atom is 0.243 e. The van der Waals surface area contributed by atoms with Crippen LogP contribution >= 0.6 is 0 Å². The fourth-order valence-electron chi connectivity index (χ4n) is 1.98. The summed E-state index contributed by atoms with van der Waals surface area (Å²) in [7, 11) is -0.194. The molecule has 1 amide bonds. The minimum absolute atomic E-state index is 0.110. The van der Waals surface area contributed by atoms with E-state index in [0.717, 1.165) is 28.8 Å². The van der Waals surface area contributed by atoms with Gasteiger partial charge < -0.3 is 10.2 Å². The number of carbonyl (C=O) groups is 1. The number of nitrogens with one attached hydrogen (secondary N) is 1. The highest BCUT2D eigenvalue weighted by molar-refractivity contribution is 7.92. The van der Waals surface area contributed by atoms with Gasteiger partial charge in [0.15, 0.2) is 11.6 Å². The number of sulfonamides is 1. The van der Waals surface area contributed by atoms with E-state index in [2.05, 4.69) is 5.32 Å². The van der Waals surface area contributed by atoms with E-state index in [0.29, 0.717) is 13.1 Å². The van der Waals surface area contributed by atoms with Gasteiger partial charge in [0, 0.05) is 19.2 Å². The Labute approximate surface area is 135 Å². The summed E-state index contributed by atoms with van der Waals surface area (Å²) in [6.07, 6.45) is 0.901. The largest absolute Gasteiger partial charge is 0.353 e. The Bertz CT molecular complexity index is 665. The first-order valence-electron chi connectivity index (χ1n) is 6.91. The van der Waals surface area contributed by atoms with Crippen molar-refractivity contribution in [3.63, 3.8) is 0 Å². The molecule has 0 fully saturated rings. The van der Waals surface area contributed by atoms with Gasteiger partial charge in [-0.15, -0.1) is 0 Å². The van der Waals surface area contributed by atoms with E-state index in [4.69, 9.17) is 0 Å². The molecule has 0 aliphatic carbocycles. The number of amides is 1. The van der Waals surface area contributed by atoms with Crippen LogP contribution in [-0.4, -0.2) is 58.7 Å². The Kier molecular flexibility index (Phi) is 6.46. The van der Waals surface area contributed by atoms with Crippen LogP contribution in [0.2, 0.25) is 0 Å². The number of halogens is 2. The summed E-state index contributed by atoms with van der Waals surface area (Å²) in [6, 6.07) is 1.58. The van der Waals surface area contributed by atoms with E-state index in [9.17, 15) is 22.0 Å². The van der Waals surface area contributed by atoms with Gasteiger partial charge in [-0.05, 0) is 33.2 Å². The number of carbonyl (C=O) groups excluding carboxylic acids is 1. The number of likely N-dealkylation sites (N-methyl/N-ethyl adjacent to an activating group) is 1. The molecule has 0 bridgehead atoms. The number of hydrogen-bond acceptors (Lipinski definition) is 4. The summed E-state index contributed by atoms with van der Waals surface area (Å²) in [5.41, 5.74) is -0.110. The minimum atomic E-state index is -3.86. The molecule has 0 spiro atoms. The fraction of sp³-hybridized carbons (Fsp3) is 0.500. The molecule has 1 aromatic carbocycles. The highest BCUT2D eigenvalue weighted by atomic mass is 32.2. The van der Waals surface area contributed by atoms with Gasteiger partial charge in [0.25, 0.3) is 0 Å². The Balaban J connectivity index is 3.02. The summed E-state index contributed by atoms with van der Waals surface area (Å²) >= 11 is 0. The Morgan fingerprint density at radius 3 is 2.35 bits per heavy atom. The predicted molar refractivity (Wildman–Crippen MR) is 84.7 cm³/mol. The molecule has 0 radical (unpaired) electrons. The molecule has 130 valence electrons. The maximum absolute atomic E-state index is 13.4. The molecule has 0 saturated heterocycles. The minimum Gasteiger partial charge on any atom is -0.353 e. The summed E-state index contributed by atoms with van der Waals surface area (Å²) in [5.74, 6) is -2.80. The van der Waals surface area contributed by atoms with Crippen molar-refractivity contribution in [3.05, 3.63) is 29.8 Å². The van der Waals surface area contributed by atoms with Gasteiger partial charge in [-0.3, -0.25) is 9.10 Å². The van der Waals surface area contributed by atoms with Gasteiger partial charge in [-0.2, -0.15) is 0 Å². The topological polar surface area (TPSA) is 69.7 Å². The van der Waals surface area contributed by atoms with Crippen LogP contribution in [0.25, 0.3) is 0 Å². The van der Waals surface area contributed by atoms with Crippen LogP contribution in [0.15, 0.2) is 18.2 Å². The van der Waals surface area contributed by atoms with Gasteiger partial charge in [0.05, 0.1) is 11.9 Å². The first kappa shape index (κ1) is 19.3. The molecule has 1 rings (SSSR count). The lowest BCUT2D eigenvalue weighted by Gasteiger charge is -2.28. The number of benzene rings is 1. The average Bonchev–Trinajstić information content (AvgIpc) is 2.40. The fourth-order valence-corrected chi connectivity index (χ4v) is 3.15. The van der Waals surface area contributed by atoms with Gasteiger partial charge in [-0.25, -0.2) is 17.2 Å². The SMILES string of the molecule is C[C@H](C(=O)NCCN(C)C)N(c1ccc(F)c(F)c1)S(C)(=O)=O. The molecule has 1 atom stereocenters. The summed E-state index contributed by atoms with van der Waals surface area (Å²) in [4.78, 5) is 14.0. The Morgan fingerprint density at radius 1 is 1.26 bits per heavy atom. The molecule has 23 heavy (non-hydrogen) atoms. The standard InChI is InChI=1S/C14H21F2N3O3S/c1-10(14(20)17-7-8-18(2)3)19(23(4,21)22)11-5-6-12(15)13(16)9-11/h5-6,9-10H,7-8H2,1-4H3,(H,17,20)/t10-/m1/s1. The average molecular weight is 349 g/mol. The van der Waals surface area contributed by atoms with Crippen molar-refractivity contribution in [1.29, 1.82) is 0 Å². The van der Waals surface area contributed by atoms with E-state index < -0.39 is 33.6 Å². The van der Waals surface area contributed by atoms with Crippen LogP contribution in [0.5, 0.6) is 0 Å². The van der Waals surface area contributed by atoms with Crippen molar-refractivity contribution in [1.82, 2.24) is 10.2 Å². The third-order valence-corrected chi connectivity index (χ3v) is 4.35. The highest BCUT2D eigenvalue weighted by Gasteiger charge is 2.29. The maximum atomic E-state index is 13.4. The normalized spacial score (nSPS) is 13.0. The summed E-state index contributed by atoms with van der Waals surface area (Å²) in [5, 5.41) is 2.61. The third kappa shape index (κ3) is 5.43. The van der Waals surface area contributed by atoms with Crippen molar-refractivity contribution >= 4 is 21.6 Å². The number of hydrogen-bond donors (Lipinski definition) is 1. The van der Waals surface area contributed by atoms with Crippen molar-refractivity contribution in [2.45, 2.75) is 13.0 Å². The molecular formula is C14H21F2N3O3S. The van der Waals surface area contributed by atoms with E-state index >= 15 is 0 Å². The zero-order chi connectivity index (χ0) is 17.8. The van der Waals surface area contributed by atoms with Gasteiger partial charge in [0.1, 0.15) is 6.04 Å². The van der Waals surface area contributed by atoms with Crippen LogP contribution in [0.4, 0.5) is 14.5 Å². The predicted octanol–water partition coefficient (Wildman–Crippen LogP) is 0.797. The number of anilines is 1. The summed E-state index contributed by atoms with van der Waals surface area (Å²) in [6.45, 7) is 2.31. The van der Waals surface area contributed by atoms with E-state index in [1.54, 1.807) is 0 Å². The van der Waals surface area contributed by atoms with Crippen molar-refractivity contribution < 1.29 is 22.0 Å². The van der Waals surface area contributed by atoms with E-state index in [1.165, 1.54) is 6.92 Å². The third-order valence-electron chi connectivity index (χ3n) is 3.10. The molecule has 0 saturated carbocycles. The molecule has 0 aliphatic heterocycles. The lowest BCUT2D eigenvalue weighted by Crippen LogP contribution is -2.48. The molecule has 0 aromatic heterocycles. The molecule has 0 unspecified atom stereocenters. The lowest BCUT2D eigenvalue weighted by molar-refractivity contribution is -0.121.